The van der Waals surface area contributed by atoms with E-state index in [2.05, 4.69) is 112 Å². The van der Waals surface area contributed by atoms with Crippen LogP contribution in [0.3, 0.4) is 0 Å². The minimum Gasteiger partial charge on any atom is -0.348 e. The summed E-state index contributed by atoms with van der Waals surface area (Å²) in [6.45, 7) is 17.0. The van der Waals surface area contributed by atoms with Gasteiger partial charge in [0.25, 0.3) is 0 Å². The number of imidazole rings is 2. The van der Waals surface area contributed by atoms with Crippen molar-refractivity contribution in [3.05, 3.63) is 95.9 Å². The molecule has 8 nitrogen and oxygen atoms in total. The summed E-state index contributed by atoms with van der Waals surface area (Å²) in [6, 6.07) is 16.7. The number of hydrogen-bond donors (Lipinski definition) is 4. The topological polar surface area (TPSA) is 116 Å². The fourth-order valence-corrected chi connectivity index (χ4v) is 6.19. The molecule has 0 aliphatic rings. The van der Waals surface area contributed by atoms with E-state index in [0.717, 1.165) is 83.0 Å². The average Bonchev–Trinajstić information content (AvgIpc) is 3.79. The second-order valence-corrected chi connectivity index (χ2v) is 13.7. The molecule has 2 aromatic carbocycles. The molecule has 0 spiro atoms. The quantitative estimate of drug-likeness (QED) is 0.0895. The Bertz CT molecular complexity index is 1750. The van der Waals surface area contributed by atoms with Crippen LogP contribution in [0.15, 0.2) is 84.2 Å². The number of rotatable bonds is 16. The Balaban J connectivity index is 1.34. The fraction of sp³-hybridized carbons (Fsp3) is 0.415. The molecule has 0 aliphatic carbocycles. The lowest BCUT2D eigenvalue weighted by Gasteiger charge is -2.26. The zero-order valence-electron chi connectivity index (χ0n) is 30.6. The molecule has 2 aromatic heterocycles. The highest BCUT2D eigenvalue weighted by molar-refractivity contribution is 5.85. The van der Waals surface area contributed by atoms with Crippen LogP contribution in [0.2, 0.25) is 0 Å². The maximum atomic E-state index is 13.1. The molecule has 0 radical (unpaired) electrons. The molecule has 2 heterocycles. The van der Waals surface area contributed by atoms with Gasteiger partial charge in [-0.2, -0.15) is 0 Å². The predicted octanol–water partition coefficient (Wildman–Crippen LogP) is 9.30. The molecule has 0 unspecified atom stereocenters. The number of hydrogen-bond acceptors (Lipinski definition) is 4. The first-order valence-electron chi connectivity index (χ1n) is 17.6. The standard InChI is InChI=1S/C41H54N6O2/c1-9-13-15-33(12-4)41(7,8)39(49)45-27-37-43-25-35(47-37)31-22-18-29(19-23-31)28-16-20-30(21-17-28)34-24-42-36(46-34)26-44-38(48)40(5,6)32(11-3)14-10-2/h11,15-25H,9-10,12-14,26-27H2,1-8H3,(H,42,46)(H,43,47)(H,44,48)(H,45,49)/b32-11+,33-15+. The van der Waals surface area contributed by atoms with Crippen LogP contribution >= 0.6 is 0 Å². The number of nitrogens with one attached hydrogen (secondary N) is 4. The van der Waals surface area contributed by atoms with Crippen LogP contribution in [0, 0.1) is 10.8 Å². The molecule has 0 aliphatic heterocycles. The number of aromatic nitrogens is 4. The maximum absolute atomic E-state index is 13.1. The third-order valence-corrected chi connectivity index (χ3v) is 9.48. The molecular formula is C41H54N6O2. The Morgan fingerprint density at radius 1 is 0.673 bits per heavy atom. The lowest BCUT2D eigenvalue weighted by Crippen LogP contribution is -2.38. The number of benzene rings is 2. The number of allylic oxidation sites excluding steroid dienone is 2. The van der Waals surface area contributed by atoms with E-state index in [4.69, 9.17) is 0 Å². The number of amides is 2. The van der Waals surface area contributed by atoms with Gasteiger partial charge in [-0.1, -0.05) is 105 Å². The van der Waals surface area contributed by atoms with E-state index in [1.165, 1.54) is 5.57 Å². The summed E-state index contributed by atoms with van der Waals surface area (Å²) in [5, 5.41) is 6.13. The molecule has 0 fully saturated rings. The van der Waals surface area contributed by atoms with Crippen molar-refractivity contribution in [2.24, 2.45) is 10.8 Å². The van der Waals surface area contributed by atoms with Gasteiger partial charge in [-0.15, -0.1) is 0 Å². The summed E-state index contributed by atoms with van der Waals surface area (Å²) in [6.07, 6.45) is 12.7. The number of nitrogens with zero attached hydrogens (tertiary/aromatic N) is 2. The Hall–Kier alpha value is -4.72. The van der Waals surface area contributed by atoms with E-state index in [1.807, 2.05) is 47.0 Å². The van der Waals surface area contributed by atoms with Crippen molar-refractivity contribution in [2.45, 2.75) is 101 Å². The number of unbranched alkanes of at least 4 members (excludes halogenated alkanes) is 1. The van der Waals surface area contributed by atoms with Gasteiger partial charge in [0.1, 0.15) is 11.6 Å². The highest BCUT2D eigenvalue weighted by Gasteiger charge is 2.31. The Morgan fingerprint density at radius 2 is 1.10 bits per heavy atom. The zero-order chi connectivity index (χ0) is 35.6. The Morgan fingerprint density at radius 3 is 1.49 bits per heavy atom. The summed E-state index contributed by atoms with van der Waals surface area (Å²) >= 11 is 0. The molecule has 260 valence electrons. The SMILES string of the molecule is C/C=C(\CCC)C(C)(C)C(=O)NCc1ncc(-c2ccc(-c3ccc(-c4cnc(CNC(=O)C(C)(C)/C(=C/CCC)CC)[nH]4)cc3)cc2)[nH]1. The van der Waals surface area contributed by atoms with Crippen molar-refractivity contribution in [1.82, 2.24) is 30.6 Å². The van der Waals surface area contributed by atoms with Crippen molar-refractivity contribution in [2.75, 3.05) is 0 Å². The van der Waals surface area contributed by atoms with Crippen LogP contribution in [0.4, 0.5) is 0 Å². The van der Waals surface area contributed by atoms with E-state index in [-0.39, 0.29) is 11.8 Å². The number of H-pyrrole nitrogens is 2. The first-order valence-corrected chi connectivity index (χ1v) is 17.6. The summed E-state index contributed by atoms with van der Waals surface area (Å²) in [5.41, 5.74) is 7.25. The van der Waals surface area contributed by atoms with Gasteiger partial charge in [-0.05, 0) is 76.1 Å². The van der Waals surface area contributed by atoms with Gasteiger partial charge in [-0.25, -0.2) is 9.97 Å². The Labute approximate surface area is 292 Å². The minimum atomic E-state index is -0.560. The van der Waals surface area contributed by atoms with Gasteiger partial charge in [-0.3, -0.25) is 9.59 Å². The van der Waals surface area contributed by atoms with E-state index in [1.54, 1.807) is 0 Å². The summed E-state index contributed by atoms with van der Waals surface area (Å²) < 4.78 is 0. The molecule has 4 rings (SSSR count). The van der Waals surface area contributed by atoms with E-state index in [0.29, 0.717) is 13.1 Å². The molecule has 49 heavy (non-hydrogen) atoms. The molecule has 0 bridgehead atoms. The van der Waals surface area contributed by atoms with Crippen LogP contribution in [0.5, 0.6) is 0 Å². The summed E-state index contributed by atoms with van der Waals surface area (Å²) in [7, 11) is 0. The van der Waals surface area contributed by atoms with Crippen LogP contribution in [-0.4, -0.2) is 31.8 Å². The van der Waals surface area contributed by atoms with Crippen LogP contribution in [-0.2, 0) is 22.7 Å². The normalized spacial score (nSPS) is 12.7. The highest BCUT2D eigenvalue weighted by atomic mass is 16.2. The third-order valence-electron chi connectivity index (χ3n) is 9.48. The molecule has 0 saturated heterocycles. The first-order chi connectivity index (χ1) is 23.4. The van der Waals surface area contributed by atoms with Crippen LogP contribution < -0.4 is 10.6 Å². The first kappa shape index (κ1) is 37.1. The molecule has 8 heteroatoms. The smallest absolute Gasteiger partial charge is 0.230 e. The van der Waals surface area contributed by atoms with Crippen molar-refractivity contribution in [3.8, 4) is 33.6 Å². The summed E-state index contributed by atoms with van der Waals surface area (Å²) in [4.78, 5) is 41.8. The van der Waals surface area contributed by atoms with Crippen molar-refractivity contribution < 1.29 is 9.59 Å². The van der Waals surface area contributed by atoms with Crippen molar-refractivity contribution in [3.63, 3.8) is 0 Å². The largest absolute Gasteiger partial charge is 0.348 e. The number of aromatic amines is 2. The van der Waals surface area contributed by atoms with Gasteiger partial charge in [0.15, 0.2) is 0 Å². The predicted molar refractivity (Wildman–Crippen MR) is 200 cm³/mol. The monoisotopic (exact) mass is 662 g/mol. The van der Waals surface area contributed by atoms with Crippen molar-refractivity contribution in [1.29, 1.82) is 0 Å². The molecule has 4 aromatic rings. The third kappa shape index (κ3) is 9.05. The second-order valence-electron chi connectivity index (χ2n) is 13.7. The van der Waals surface area contributed by atoms with Crippen LogP contribution in [0.25, 0.3) is 33.6 Å². The van der Waals surface area contributed by atoms with Crippen LogP contribution in [0.1, 0.15) is 99.1 Å². The van der Waals surface area contributed by atoms with Gasteiger partial charge in [0.2, 0.25) is 11.8 Å². The molecule has 4 N–H and O–H groups in total. The van der Waals surface area contributed by atoms with Gasteiger partial charge in [0.05, 0.1) is 47.7 Å². The lowest BCUT2D eigenvalue weighted by atomic mass is 9.80. The van der Waals surface area contributed by atoms with Gasteiger partial charge < -0.3 is 20.6 Å². The van der Waals surface area contributed by atoms with E-state index < -0.39 is 10.8 Å². The summed E-state index contributed by atoms with van der Waals surface area (Å²) in [5.74, 6) is 1.44. The minimum absolute atomic E-state index is 0.000201. The molecule has 0 saturated carbocycles. The fourth-order valence-electron chi connectivity index (χ4n) is 6.19. The Kier molecular flexibility index (Phi) is 12.6. The van der Waals surface area contributed by atoms with Crippen molar-refractivity contribution >= 4 is 11.8 Å². The molecule has 2 amide bonds. The highest BCUT2D eigenvalue weighted by Crippen LogP contribution is 2.32. The number of carbonyl (C=O) groups is 2. The second kappa shape index (κ2) is 16.6. The zero-order valence-corrected chi connectivity index (χ0v) is 30.6. The van der Waals surface area contributed by atoms with E-state index >= 15 is 0 Å². The van der Waals surface area contributed by atoms with Gasteiger partial charge in [0, 0.05) is 0 Å². The molecular weight excluding hydrogens is 608 g/mol. The number of carbonyl (C=O) groups excluding carboxylic acids is 2. The lowest BCUT2D eigenvalue weighted by molar-refractivity contribution is -0.128. The molecule has 0 atom stereocenters. The van der Waals surface area contributed by atoms with Gasteiger partial charge >= 0.3 is 0 Å². The van der Waals surface area contributed by atoms with E-state index in [9.17, 15) is 9.59 Å². The average molecular weight is 663 g/mol. The maximum Gasteiger partial charge on any atom is 0.230 e.